The van der Waals surface area contributed by atoms with E-state index in [0.29, 0.717) is 5.69 Å². The van der Waals surface area contributed by atoms with Crippen LogP contribution in [0.2, 0.25) is 0 Å². The van der Waals surface area contributed by atoms with Crippen LogP contribution >= 0.6 is 0 Å². The Balaban J connectivity index is 2.51. The van der Waals surface area contributed by atoms with Crippen LogP contribution in [0.25, 0.3) is 0 Å². The lowest BCUT2D eigenvalue weighted by Gasteiger charge is -2.14. The van der Waals surface area contributed by atoms with E-state index in [1.54, 1.807) is 12.1 Å². The third-order valence-electron chi connectivity index (χ3n) is 2.09. The van der Waals surface area contributed by atoms with Crippen molar-refractivity contribution in [2.24, 2.45) is 0 Å². The molecule has 16 heavy (non-hydrogen) atoms. The molecule has 0 amide bonds. The lowest BCUT2D eigenvalue weighted by Crippen LogP contribution is -2.23. The van der Waals surface area contributed by atoms with Crippen molar-refractivity contribution in [1.82, 2.24) is 0 Å². The second-order valence-electron chi connectivity index (χ2n) is 3.66. The van der Waals surface area contributed by atoms with Gasteiger partial charge in [0.1, 0.15) is 5.71 Å². The maximum Gasteiger partial charge on any atom is 0.349 e. The number of carboxylic acid groups (broad SMARTS) is 1. The predicted molar refractivity (Wildman–Crippen MR) is 63.9 cm³/mol. The van der Waals surface area contributed by atoms with E-state index in [4.69, 9.17) is 16.2 Å². The van der Waals surface area contributed by atoms with E-state index in [1.807, 2.05) is 19.1 Å². The average Bonchev–Trinajstić information content (AvgIpc) is 2.21. The smallest absolute Gasteiger partial charge is 0.349 e. The van der Waals surface area contributed by atoms with Crippen LogP contribution in [0, 0.1) is 5.41 Å². The van der Waals surface area contributed by atoms with Crippen molar-refractivity contribution in [2.75, 3.05) is 11.1 Å². The molecule has 5 nitrogen and oxygen atoms in total. The van der Waals surface area contributed by atoms with Gasteiger partial charge in [-0.3, -0.25) is 5.41 Å². The fraction of sp³-hybridized carbons (Fsp3) is 0.273. The third kappa shape index (κ3) is 3.61. The summed E-state index contributed by atoms with van der Waals surface area (Å²) in [4.78, 5) is 10.5. The maximum atomic E-state index is 10.5. The molecular weight excluding hydrogens is 206 g/mol. The number of nitrogens with two attached hydrogens (primary N) is 1. The van der Waals surface area contributed by atoms with Gasteiger partial charge in [-0.1, -0.05) is 0 Å². The highest BCUT2D eigenvalue weighted by molar-refractivity contribution is 6.34. The van der Waals surface area contributed by atoms with Gasteiger partial charge in [0.2, 0.25) is 0 Å². The molecule has 0 spiro atoms. The minimum absolute atomic E-state index is 0.104. The van der Waals surface area contributed by atoms with Crippen molar-refractivity contribution in [3.05, 3.63) is 24.3 Å². The lowest BCUT2D eigenvalue weighted by molar-refractivity contribution is -0.129. The summed E-state index contributed by atoms with van der Waals surface area (Å²) in [7, 11) is 0. The quantitative estimate of drug-likeness (QED) is 0.448. The number of rotatable bonds is 5. The monoisotopic (exact) mass is 221 g/mol. The lowest BCUT2D eigenvalue weighted by atomic mass is 10.1. The van der Waals surface area contributed by atoms with E-state index in [9.17, 15) is 4.79 Å². The van der Waals surface area contributed by atoms with Gasteiger partial charge in [0, 0.05) is 23.8 Å². The molecule has 0 aliphatic heterocycles. The molecule has 0 saturated carbocycles. The Bertz CT molecular complexity index is 387. The Labute approximate surface area is 93.8 Å². The summed E-state index contributed by atoms with van der Waals surface area (Å²) in [5, 5.41) is 18.9. The molecule has 1 atom stereocenters. The summed E-state index contributed by atoms with van der Waals surface area (Å²) in [5.41, 5.74) is 6.78. The molecule has 1 aromatic carbocycles. The molecule has 1 aromatic rings. The summed E-state index contributed by atoms with van der Waals surface area (Å²) >= 11 is 0. The first-order valence-electron chi connectivity index (χ1n) is 4.92. The van der Waals surface area contributed by atoms with Crippen molar-refractivity contribution < 1.29 is 9.90 Å². The number of carbonyl (C=O) groups is 1. The first-order chi connectivity index (χ1) is 7.49. The summed E-state index contributed by atoms with van der Waals surface area (Å²) < 4.78 is 0. The highest BCUT2D eigenvalue weighted by Gasteiger charge is 2.11. The third-order valence-corrected chi connectivity index (χ3v) is 2.09. The molecule has 1 rings (SSSR count). The highest BCUT2D eigenvalue weighted by atomic mass is 16.4. The minimum Gasteiger partial charge on any atom is -0.477 e. The van der Waals surface area contributed by atoms with E-state index in [2.05, 4.69) is 5.32 Å². The van der Waals surface area contributed by atoms with Crippen molar-refractivity contribution >= 4 is 23.1 Å². The van der Waals surface area contributed by atoms with Crippen LogP contribution in [0.4, 0.5) is 11.4 Å². The summed E-state index contributed by atoms with van der Waals surface area (Å²) in [6, 6.07) is 7.05. The molecule has 0 bridgehead atoms. The van der Waals surface area contributed by atoms with Gasteiger partial charge < -0.3 is 16.2 Å². The van der Waals surface area contributed by atoms with Crippen LogP contribution < -0.4 is 11.1 Å². The van der Waals surface area contributed by atoms with E-state index < -0.39 is 5.97 Å². The van der Waals surface area contributed by atoms with Crippen molar-refractivity contribution in [3.63, 3.8) is 0 Å². The normalized spacial score (nSPS) is 11.8. The van der Waals surface area contributed by atoms with Crippen molar-refractivity contribution in [2.45, 2.75) is 19.4 Å². The van der Waals surface area contributed by atoms with Crippen LogP contribution in [0.3, 0.4) is 0 Å². The van der Waals surface area contributed by atoms with Crippen LogP contribution in [0.5, 0.6) is 0 Å². The van der Waals surface area contributed by atoms with Gasteiger partial charge >= 0.3 is 5.97 Å². The van der Waals surface area contributed by atoms with E-state index >= 15 is 0 Å². The molecule has 0 unspecified atom stereocenters. The molecule has 0 saturated heterocycles. The number of nitrogens with one attached hydrogen (secondary N) is 2. The van der Waals surface area contributed by atoms with E-state index in [1.165, 1.54) is 0 Å². The van der Waals surface area contributed by atoms with Gasteiger partial charge in [0.15, 0.2) is 0 Å². The van der Waals surface area contributed by atoms with Gasteiger partial charge in [-0.2, -0.15) is 0 Å². The first-order valence-corrected chi connectivity index (χ1v) is 4.92. The highest BCUT2D eigenvalue weighted by Crippen LogP contribution is 2.12. The largest absolute Gasteiger partial charge is 0.477 e. The first kappa shape index (κ1) is 12.0. The topological polar surface area (TPSA) is 99.2 Å². The van der Waals surface area contributed by atoms with Gasteiger partial charge in [0.25, 0.3) is 0 Å². The summed E-state index contributed by atoms with van der Waals surface area (Å²) in [6.45, 7) is 1.83. The molecule has 0 aliphatic carbocycles. The Kier molecular flexibility index (Phi) is 3.88. The van der Waals surface area contributed by atoms with E-state index in [-0.39, 0.29) is 18.2 Å². The molecule has 5 heteroatoms. The fourth-order valence-electron chi connectivity index (χ4n) is 1.31. The minimum atomic E-state index is -1.18. The van der Waals surface area contributed by atoms with Crippen molar-refractivity contribution in [1.29, 1.82) is 5.41 Å². The zero-order chi connectivity index (χ0) is 12.1. The van der Waals surface area contributed by atoms with E-state index in [0.717, 1.165) is 5.69 Å². The molecular formula is C11H15N3O2. The van der Waals surface area contributed by atoms with Crippen LogP contribution in [-0.2, 0) is 4.79 Å². The standard InChI is InChI=1S/C11H15N3O2/c1-7(6-10(13)11(15)16)14-9-4-2-8(12)3-5-9/h2-5,7,13-14H,6,12H2,1H3,(H,15,16)/t7-/m0/s1. The Morgan fingerprint density at radius 1 is 1.50 bits per heavy atom. The number of nitrogen functional groups attached to an aromatic ring is 1. The zero-order valence-electron chi connectivity index (χ0n) is 9.03. The van der Waals surface area contributed by atoms with Crippen LogP contribution in [0.1, 0.15) is 13.3 Å². The van der Waals surface area contributed by atoms with Gasteiger partial charge in [0.05, 0.1) is 0 Å². The Morgan fingerprint density at radius 2 is 2.06 bits per heavy atom. The molecule has 5 N–H and O–H groups in total. The van der Waals surface area contributed by atoms with Gasteiger partial charge in [-0.25, -0.2) is 4.79 Å². The Hall–Kier alpha value is -2.04. The SMILES string of the molecule is C[C@@H](CC(=N)C(=O)O)Nc1ccc(N)cc1. The summed E-state index contributed by atoms with van der Waals surface area (Å²) in [6.07, 6.45) is 0.180. The maximum absolute atomic E-state index is 10.5. The van der Waals surface area contributed by atoms with Crippen LogP contribution in [-0.4, -0.2) is 22.8 Å². The number of aliphatic carboxylic acids is 1. The second-order valence-corrected chi connectivity index (χ2v) is 3.66. The average molecular weight is 221 g/mol. The fourth-order valence-corrected chi connectivity index (χ4v) is 1.31. The van der Waals surface area contributed by atoms with Crippen molar-refractivity contribution in [3.8, 4) is 0 Å². The summed E-state index contributed by atoms with van der Waals surface area (Å²) in [5.74, 6) is -1.18. The van der Waals surface area contributed by atoms with Gasteiger partial charge in [-0.05, 0) is 31.2 Å². The number of hydrogen-bond donors (Lipinski definition) is 4. The molecule has 0 radical (unpaired) electrons. The number of benzene rings is 1. The second kappa shape index (κ2) is 5.16. The Morgan fingerprint density at radius 3 is 2.56 bits per heavy atom. The zero-order valence-corrected chi connectivity index (χ0v) is 9.03. The van der Waals surface area contributed by atoms with Crippen LogP contribution in [0.15, 0.2) is 24.3 Å². The predicted octanol–water partition coefficient (Wildman–Crippen LogP) is 1.56. The molecule has 86 valence electrons. The molecule has 0 aliphatic rings. The molecule has 0 fully saturated rings. The molecule has 0 heterocycles. The number of carboxylic acids is 1. The number of anilines is 2. The van der Waals surface area contributed by atoms with Gasteiger partial charge in [-0.15, -0.1) is 0 Å². The molecule has 0 aromatic heterocycles. The number of hydrogen-bond acceptors (Lipinski definition) is 4.